The minimum Gasteiger partial charge on any atom is -0.475 e. The first-order valence-corrected chi connectivity index (χ1v) is 15.1. The van der Waals surface area contributed by atoms with E-state index in [1.165, 1.54) is 29.3 Å². The van der Waals surface area contributed by atoms with Crippen LogP contribution < -0.4 is 10.1 Å². The molecule has 6 rings (SSSR count). The van der Waals surface area contributed by atoms with Crippen LogP contribution >= 0.6 is 0 Å². The molecule has 0 saturated carbocycles. The zero-order valence-electron chi connectivity index (χ0n) is 24.7. The number of nitrogens with zero attached hydrogens (tertiary/aromatic N) is 5. The molecule has 4 amide bonds. The number of benzene rings is 1. The fourth-order valence-electron chi connectivity index (χ4n) is 6.63. The van der Waals surface area contributed by atoms with E-state index in [1.807, 2.05) is 4.90 Å². The van der Waals surface area contributed by atoms with E-state index in [0.29, 0.717) is 26.2 Å². The highest BCUT2D eigenvalue weighted by atomic mass is 19.1. The average Bonchev–Trinajstić information content (AvgIpc) is 3.44. The lowest BCUT2D eigenvalue weighted by molar-refractivity contribution is -0.143. The number of aromatic nitrogens is 1. The topological polar surface area (TPSA) is 125 Å². The maximum atomic E-state index is 14.4. The van der Waals surface area contributed by atoms with Gasteiger partial charge in [-0.15, -0.1) is 0 Å². The number of carbonyl (C=O) groups is 4. The van der Waals surface area contributed by atoms with Gasteiger partial charge in [0.1, 0.15) is 24.6 Å². The number of rotatable bonds is 2. The summed E-state index contributed by atoms with van der Waals surface area (Å²) in [5.74, 6) is -1.49. The minimum atomic E-state index is -0.607. The van der Waals surface area contributed by atoms with Crippen molar-refractivity contribution in [3.05, 3.63) is 59.5 Å². The number of likely N-dealkylation sites (tertiary alicyclic amines) is 2. The third-order valence-corrected chi connectivity index (χ3v) is 9.08. The molecular formula is C31H37FN6O6. The van der Waals surface area contributed by atoms with Crippen molar-refractivity contribution in [2.75, 3.05) is 59.0 Å². The summed E-state index contributed by atoms with van der Waals surface area (Å²) in [6, 6.07) is 8.39. The summed E-state index contributed by atoms with van der Waals surface area (Å²) >= 11 is 0. The van der Waals surface area contributed by atoms with Crippen molar-refractivity contribution in [3.63, 3.8) is 0 Å². The molecule has 1 aromatic carbocycles. The summed E-state index contributed by atoms with van der Waals surface area (Å²) in [7, 11) is 0. The molecule has 0 unspecified atom stereocenters. The standard InChI is InChI=1S/C31H37FN6O6/c1-20(39)35-11-8-21(9-12-35)37-16-26-27(17-37)43-19-28(40)38-14-13-36(31(42)23-5-2-3-7-25(23)32)15-22(38)18-44-30-24(29(41)34-26)6-4-10-33-30/h2-7,10,21-22,26-27H,8-9,11-19H2,1H3,(H,34,41)/t22-,26+,27-/m0/s1. The fraction of sp³-hybridized carbons (Fsp3) is 0.516. The molecule has 4 aliphatic rings. The summed E-state index contributed by atoms with van der Waals surface area (Å²) in [4.78, 5) is 63.7. The number of hydrogen-bond acceptors (Lipinski definition) is 8. The number of piperidine rings is 1. The van der Waals surface area contributed by atoms with Crippen LogP contribution in [0, 0.1) is 5.82 Å². The molecule has 3 saturated heterocycles. The highest BCUT2D eigenvalue weighted by Gasteiger charge is 2.41. The third-order valence-electron chi connectivity index (χ3n) is 9.08. The average molecular weight is 609 g/mol. The molecule has 44 heavy (non-hydrogen) atoms. The number of halogens is 1. The lowest BCUT2D eigenvalue weighted by Gasteiger charge is -2.41. The Balaban J connectivity index is 1.21. The molecule has 12 nitrogen and oxygen atoms in total. The monoisotopic (exact) mass is 608 g/mol. The Hall–Kier alpha value is -4.10. The maximum Gasteiger partial charge on any atom is 0.257 e. The van der Waals surface area contributed by atoms with Crippen LogP contribution in [0.25, 0.3) is 0 Å². The van der Waals surface area contributed by atoms with Gasteiger partial charge in [-0.3, -0.25) is 24.1 Å². The number of hydrogen-bond donors (Lipinski definition) is 1. The number of ether oxygens (including phenoxy) is 2. The van der Waals surface area contributed by atoms with E-state index in [9.17, 15) is 23.6 Å². The van der Waals surface area contributed by atoms with E-state index in [0.717, 1.165) is 12.8 Å². The van der Waals surface area contributed by atoms with E-state index < -0.39 is 23.9 Å². The van der Waals surface area contributed by atoms with Crippen molar-refractivity contribution in [1.82, 2.24) is 29.9 Å². The zero-order chi connectivity index (χ0) is 30.8. The number of piperazine rings is 1. The van der Waals surface area contributed by atoms with Gasteiger partial charge in [-0.2, -0.15) is 0 Å². The van der Waals surface area contributed by atoms with Gasteiger partial charge in [-0.1, -0.05) is 12.1 Å². The number of carbonyl (C=O) groups excluding carboxylic acids is 4. The molecule has 0 spiro atoms. The van der Waals surface area contributed by atoms with Crippen LogP contribution in [0.15, 0.2) is 42.6 Å². The molecule has 1 aromatic heterocycles. The van der Waals surface area contributed by atoms with Gasteiger partial charge in [-0.25, -0.2) is 9.37 Å². The molecule has 13 heteroatoms. The van der Waals surface area contributed by atoms with E-state index in [1.54, 1.807) is 30.0 Å². The normalized spacial score (nSPS) is 25.4. The molecule has 0 bridgehead atoms. The Morgan fingerprint density at radius 1 is 0.955 bits per heavy atom. The van der Waals surface area contributed by atoms with Crippen LogP contribution in [0.3, 0.4) is 0 Å². The Labute approximate surface area is 255 Å². The lowest BCUT2D eigenvalue weighted by Crippen LogP contribution is -2.59. The van der Waals surface area contributed by atoms with E-state index in [2.05, 4.69) is 15.2 Å². The van der Waals surface area contributed by atoms with E-state index in [-0.39, 0.29) is 79.7 Å². The smallest absolute Gasteiger partial charge is 0.257 e. The first-order chi connectivity index (χ1) is 21.3. The predicted octanol–water partition coefficient (Wildman–Crippen LogP) is 0.776. The van der Waals surface area contributed by atoms with Gasteiger partial charge in [0.25, 0.3) is 11.8 Å². The third kappa shape index (κ3) is 6.25. The summed E-state index contributed by atoms with van der Waals surface area (Å²) in [5.41, 5.74) is 0.223. The van der Waals surface area contributed by atoms with Gasteiger partial charge >= 0.3 is 0 Å². The minimum absolute atomic E-state index is 0.0241. The number of nitrogens with one attached hydrogen (secondary N) is 1. The fourth-order valence-corrected chi connectivity index (χ4v) is 6.63. The van der Waals surface area contributed by atoms with Crippen molar-refractivity contribution in [3.8, 4) is 5.88 Å². The zero-order valence-corrected chi connectivity index (χ0v) is 24.7. The van der Waals surface area contributed by atoms with E-state index in [4.69, 9.17) is 9.47 Å². The number of fused-ring (bicyclic) bond motifs is 3. The molecule has 2 aromatic rings. The Kier molecular flexibility index (Phi) is 8.76. The predicted molar refractivity (Wildman–Crippen MR) is 155 cm³/mol. The highest BCUT2D eigenvalue weighted by molar-refractivity contribution is 5.96. The molecule has 0 aliphatic carbocycles. The van der Waals surface area contributed by atoms with Crippen LogP contribution in [0.4, 0.5) is 4.39 Å². The van der Waals surface area contributed by atoms with Crippen molar-refractivity contribution < 1.29 is 33.0 Å². The van der Waals surface area contributed by atoms with Crippen molar-refractivity contribution in [1.29, 1.82) is 0 Å². The van der Waals surface area contributed by atoms with Gasteiger partial charge in [0.2, 0.25) is 17.7 Å². The Morgan fingerprint density at radius 2 is 1.75 bits per heavy atom. The largest absolute Gasteiger partial charge is 0.475 e. The Bertz CT molecular complexity index is 1420. The maximum absolute atomic E-state index is 14.4. The molecule has 0 radical (unpaired) electrons. The van der Waals surface area contributed by atoms with Gasteiger partial charge < -0.3 is 29.5 Å². The number of amides is 4. The highest BCUT2D eigenvalue weighted by Crippen LogP contribution is 2.26. The van der Waals surface area contributed by atoms with Crippen molar-refractivity contribution in [2.24, 2.45) is 0 Å². The van der Waals surface area contributed by atoms with Crippen molar-refractivity contribution in [2.45, 2.75) is 44.0 Å². The molecule has 4 aliphatic heterocycles. The van der Waals surface area contributed by atoms with Gasteiger partial charge in [0.15, 0.2) is 0 Å². The first-order valence-electron chi connectivity index (χ1n) is 15.1. The van der Waals surface area contributed by atoms with Crippen LogP contribution in [0.2, 0.25) is 0 Å². The van der Waals surface area contributed by atoms with E-state index >= 15 is 0 Å². The molecule has 5 heterocycles. The molecule has 3 atom stereocenters. The second kappa shape index (κ2) is 12.9. The molecule has 1 N–H and O–H groups in total. The Morgan fingerprint density at radius 3 is 2.52 bits per heavy atom. The molecule has 234 valence electrons. The SMILES string of the molecule is CC(=O)N1CCC(N2C[C@@H]3OCC(=O)N4CCN(C(=O)c5ccccc5F)C[C@H]4COc4ncccc4C(=O)N[C@@H]3C2)CC1. The lowest BCUT2D eigenvalue weighted by atomic mass is 10.0. The summed E-state index contributed by atoms with van der Waals surface area (Å²) in [6.07, 6.45) is 2.74. The van der Waals surface area contributed by atoms with Crippen molar-refractivity contribution >= 4 is 23.6 Å². The molecular weight excluding hydrogens is 571 g/mol. The van der Waals surface area contributed by atoms with Gasteiger partial charge in [0.05, 0.1) is 23.8 Å². The summed E-state index contributed by atoms with van der Waals surface area (Å²) in [6.45, 7) is 4.37. The van der Waals surface area contributed by atoms with Crippen LogP contribution in [0.1, 0.15) is 40.5 Å². The number of pyridine rings is 1. The van der Waals surface area contributed by atoms with Crippen LogP contribution in [-0.2, 0) is 14.3 Å². The second-order valence-electron chi connectivity index (χ2n) is 11.8. The van der Waals surface area contributed by atoms with Gasteiger partial charge in [0, 0.05) is 65.0 Å². The molecule has 3 fully saturated rings. The van der Waals surface area contributed by atoms with Crippen LogP contribution in [-0.4, -0.2) is 131 Å². The second-order valence-corrected chi connectivity index (χ2v) is 11.8. The summed E-state index contributed by atoms with van der Waals surface area (Å²) in [5, 5.41) is 3.09. The summed E-state index contributed by atoms with van der Waals surface area (Å²) < 4.78 is 26.7. The van der Waals surface area contributed by atoms with Crippen LogP contribution in [0.5, 0.6) is 5.88 Å². The van der Waals surface area contributed by atoms with Gasteiger partial charge in [-0.05, 0) is 37.1 Å². The first kappa shape index (κ1) is 29.9. The quantitative estimate of drug-likeness (QED) is 0.531.